The van der Waals surface area contributed by atoms with Gasteiger partial charge in [-0.25, -0.2) is 0 Å². The minimum Gasteiger partial charge on any atom is -0.510 e. The predicted octanol–water partition coefficient (Wildman–Crippen LogP) is 2.56. The highest BCUT2D eigenvalue weighted by atomic mass is 16.3. The fourth-order valence-corrected chi connectivity index (χ4v) is 3.45. The van der Waals surface area contributed by atoms with Gasteiger partial charge in [-0.2, -0.15) is 0 Å². The van der Waals surface area contributed by atoms with Gasteiger partial charge in [0.15, 0.2) is 0 Å². The lowest BCUT2D eigenvalue weighted by Crippen LogP contribution is -2.48. The molecule has 0 radical (unpaired) electrons. The molecule has 2 N–H and O–H groups in total. The van der Waals surface area contributed by atoms with Crippen molar-refractivity contribution >= 4 is 5.69 Å². The molecule has 1 aliphatic heterocycles. The maximum Gasteiger partial charge on any atom is 0.123 e. The number of aliphatic hydroxyl groups is 2. The second-order valence-corrected chi connectivity index (χ2v) is 6.33. The first kappa shape index (κ1) is 15.4. The summed E-state index contributed by atoms with van der Waals surface area (Å²) < 4.78 is 0. The molecule has 4 heteroatoms. The van der Waals surface area contributed by atoms with Crippen LogP contribution in [0.5, 0.6) is 0 Å². The predicted molar refractivity (Wildman–Crippen MR) is 89.2 cm³/mol. The molecule has 3 rings (SSSR count). The van der Waals surface area contributed by atoms with E-state index in [1.54, 1.807) is 0 Å². The average Bonchev–Trinajstić information content (AvgIpc) is 3.10. The fourth-order valence-electron chi connectivity index (χ4n) is 3.45. The van der Waals surface area contributed by atoms with Crippen LogP contribution >= 0.6 is 0 Å². The van der Waals surface area contributed by atoms with Crippen molar-refractivity contribution in [3.05, 3.63) is 41.7 Å². The second kappa shape index (κ2) is 7.16. The van der Waals surface area contributed by atoms with Crippen LogP contribution in [0.3, 0.4) is 0 Å². The lowest BCUT2D eigenvalue weighted by Gasteiger charge is -2.36. The van der Waals surface area contributed by atoms with E-state index in [0.29, 0.717) is 6.54 Å². The number of aliphatic hydroxyl groups excluding tert-OH is 2. The van der Waals surface area contributed by atoms with Crippen molar-refractivity contribution in [2.75, 3.05) is 37.6 Å². The Morgan fingerprint density at radius 2 is 1.64 bits per heavy atom. The maximum atomic E-state index is 10.3. The fraction of sp³-hybridized carbons (Fsp3) is 0.556. The monoisotopic (exact) mass is 302 g/mol. The molecule has 1 aromatic carbocycles. The second-order valence-electron chi connectivity index (χ2n) is 6.33. The number of benzene rings is 1. The largest absolute Gasteiger partial charge is 0.510 e. The number of anilines is 1. The first-order valence-corrected chi connectivity index (χ1v) is 8.35. The number of para-hydroxylation sites is 1. The molecule has 0 bridgehead atoms. The average molecular weight is 302 g/mol. The summed E-state index contributed by atoms with van der Waals surface area (Å²) in [6, 6.07) is 10.5. The summed E-state index contributed by atoms with van der Waals surface area (Å²) in [5.74, 6) is 0.239. The summed E-state index contributed by atoms with van der Waals surface area (Å²) in [5, 5.41) is 20.4. The Bertz CT molecular complexity index is 499. The third-order valence-electron chi connectivity index (χ3n) is 4.81. The zero-order chi connectivity index (χ0) is 15.4. The van der Waals surface area contributed by atoms with Crippen molar-refractivity contribution in [2.45, 2.75) is 31.8 Å². The number of allylic oxidation sites excluding steroid dienone is 1. The van der Waals surface area contributed by atoms with Crippen LogP contribution in [0.15, 0.2) is 41.7 Å². The first-order valence-electron chi connectivity index (χ1n) is 8.35. The third-order valence-corrected chi connectivity index (χ3v) is 4.81. The van der Waals surface area contributed by atoms with Crippen LogP contribution < -0.4 is 4.90 Å². The van der Waals surface area contributed by atoms with Gasteiger partial charge in [0.25, 0.3) is 0 Å². The van der Waals surface area contributed by atoms with Gasteiger partial charge in [0, 0.05) is 38.4 Å². The molecule has 1 heterocycles. The van der Waals surface area contributed by atoms with E-state index in [-0.39, 0.29) is 5.76 Å². The minimum atomic E-state index is -0.726. The van der Waals surface area contributed by atoms with Crippen molar-refractivity contribution in [2.24, 2.45) is 0 Å². The van der Waals surface area contributed by atoms with Gasteiger partial charge in [-0.1, -0.05) is 18.2 Å². The molecule has 120 valence electrons. The standard InChI is InChI=1S/C18H26N2O2/c21-17(18(22)15-6-4-5-7-15)14-19-10-12-20(13-11-19)16-8-2-1-3-9-16/h1-3,8-9,17,21-22H,4-7,10-14H2. The Morgan fingerprint density at radius 3 is 2.27 bits per heavy atom. The van der Waals surface area contributed by atoms with Crippen LogP contribution in [-0.4, -0.2) is 53.9 Å². The molecule has 1 aliphatic carbocycles. The van der Waals surface area contributed by atoms with Crippen LogP contribution in [0.4, 0.5) is 5.69 Å². The topological polar surface area (TPSA) is 46.9 Å². The van der Waals surface area contributed by atoms with Gasteiger partial charge in [-0.15, -0.1) is 0 Å². The molecule has 4 nitrogen and oxygen atoms in total. The van der Waals surface area contributed by atoms with Crippen molar-refractivity contribution in [1.29, 1.82) is 0 Å². The summed E-state index contributed by atoms with van der Waals surface area (Å²) >= 11 is 0. The van der Waals surface area contributed by atoms with E-state index in [0.717, 1.165) is 57.4 Å². The Labute approximate surface area is 132 Å². The highest BCUT2D eigenvalue weighted by Gasteiger charge is 2.23. The van der Waals surface area contributed by atoms with Crippen LogP contribution in [0.1, 0.15) is 25.7 Å². The highest BCUT2D eigenvalue weighted by molar-refractivity contribution is 5.46. The quantitative estimate of drug-likeness (QED) is 0.839. The van der Waals surface area contributed by atoms with E-state index >= 15 is 0 Å². The zero-order valence-corrected chi connectivity index (χ0v) is 13.1. The van der Waals surface area contributed by atoms with Crippen LogP contribution in [0, 0.1) is 0 Å². The van der Waals surface area contributed by atoms with Crippen LogP contribution in [-0.2, 0) is 0 Å². The first-order chi connectivity index (χ1) is 10.7. The summed E-state index contributed by atoms with van der Waals surface area (Å²) in [4.78, 5) is 4.62. The highest BCUT2D eigenvalue weighted by Crippen LogP contribution is 2.27. The van der Waals surface area contributed by atoms with Crippen molar-refractivity contribution in [3.63, 3.8) is 0 Å². The maximum absolute atomic E-state index is 10.3. The van der Waals surface area contributed by atoms with Gasteiger partial charge < -0.3 is 15.1 Å². The molecule has 0 spiro atoms. The Hall–Kier alpha value is -1.52. The Morgan fingerprint density at radius 1 is 1.00 bits per heavy atom. The van der Waals surface area contributed by atoms with Gasteiger partial charge in [-0.3, -0.25) is 4.90 Å². The molecule has 1 atom stereocenters. The SMILES string of the molecule is OC(=C1CCCC1)C(O)CN1CCN(c2ccccc2)CC1. The summed E-state index contributed by atoms with van der Waals surface area (Å²) in [7, 11) is 0. The van der Waals surface area contributed by atoms with Gasteiger partial charge in [0.2, 0.25) is 0 Å². The van der Waals surface area contributed by atoms with E-state index in [1.165, 1.54) is 5.69 Å². The van der Waals surface area contributed by atoms with E-state index in [1.807, 2.05) is 6.07 Å². The smallest absolute Gasteiger partial charge is 0.123 e. The summed E-state index contributed by atoms with van der Waals surface area (Å²) in [5.41, 5.74) is 2.33. The molecule has 2 aliphatic rings. The van der Waals surface area contributed by atoms with Gasteiger partial charge in [0.1, 0.15) is 11.9 Å². The van der Waals surface area contributed by atoms with Crippen molar-refractivity contribution in [1.82, 2.24) is 4.90 Å². The molecule has 1 saturated heterocycles. The normalized spacial score (nSPS) is 21.1. The summed E-state index contributed by atoms with van der Waals surface area (Å²) in [6.07, 6.45) is 3.45. The lowest BCUT2D eigenvalue weighted by atomic mass is 10.1. The number of piperazine rings is 1. The van der Waals surface area contributed by atoms with E-state index in [2.05, 4.69) is 34.1 Å². The molecule has 1 saturated carbocycles. The molecular weight excluding hydrogens is 276 g/mol. The molecule has 1 unspecified atom stereocenters. The van der Waals surface area contributed by atoms with E-state index in [4.69, 9.17) is 0 Å². The summed E-state index contributed by atoms with van der Waals surface area (Å²) in [6.45, 7) is 4.32. The van der Waals surface area contributed by atoms with E-state index in [9.17, 15) is 10.2 Å². The Kier molecular flexibility index (Phi) is 5.01. The number of hydrogen-bond donors (Lipinski definition) is 2. The Balaban J connectivity index is 1.50. The van der Waals surface area contributed by atoms with Crippen molar-refractivity contribution < 1.29 is 10.2 Å². The van der Waals surface area contributed by atoms with E-state index < -0.39 is 6.10 Å². The third kappa shape index (κ3) is 3.62. The van der Waals surface area contributed by atoms with Gasteiger partial charge >= 0.3 is 0 Å². The zero-order valence-electron chi connectivity index (χ0n) is 13.1. The number of nitrogens with zero attached hydrogens (tertiary/aromatic N) is 2. The van der Waals surface area contributed by atoms with Gasteiger partial charge in [-0.05, 0) is 43.4 Å². The molecule has 1 aromatic rings. The van der Waals surface area contributed by atoms with Gasteiger partial charge in [0.05, 0.1) is 0 Å². The molecule has 0 aromatic heterocycles. The molecule has 22 heavy (non-hydrogen) atoms. The number of β-amino-alcohol motifs (C(OH)–C–C–N with tert-alkyl or cyclic N) is 1. The molecule has 2 fully saturated rings. The number of hydrogen-bond acceptors (Lipinski definition) is 4. The van der Waals surface area contributed by atoms with Crippen molar-refractivity contribution in [3.8, 4) is 0 Å². The number of rotatable bonds is 4. The molecule has 0 amide bonds. The lowest BCUT2D eigenvalue weighted by molar-refractivity contribution is 0.0975. The minimum absolute atomic E-state index is 0.239. The molecular formula is C18H26N2O2. The van der Waals surface area contributed by atoms with Crippen LogP contribution in [0.2, 0.25) is 0 Å². The van der Waals surface area contributed by atoms with Crippen LogP contribution in [0.25, 0.3) is 0 Å².